The van der Waals surface area contributed by atoms with Crippen molar-refractivity contribution in [2.75, 3.05) is 0 Å². The maximum atomic E-state index is 12.7. The Bertz CT molecular complexity index is 1140. The third-order valence-corrected chi connectivity index (χ3v) is 5.23. The van der Waals surface area contributed by atoms with Crippen molar-refractivity contribution in [2.24, 2.45) is 0 Å². The van der Waals surface area contributed by atoms with Gasteiger partial charge in [0.05, 0.1) is 6.54 Å². The van der Waals surface area contributed by atoms with Crippen molar-refractivity contribution in [1.29, 1.82) is 0 Å². The van der Waals surface area contributed by atoms with Gasteiger partial charge in [-0.3, -0.25) is 14.7 Å². The Morgan fingerprint density at radius 3 is 2.56 bits per heavy atom. The summed E-state index contributed by atoms with van der Waals surface area (Å²) < 4.78 is 5.54. The smallest absolute Gasteiger partial charge is 0.410 e. The molecule has 0 saturated carbocycles. The molecule has 0 spiro atoms. The number of hydrogen-bond donors (Lipinski definition) is 1. The third kappa shape index (κ3) is 4.97. The summed E-state index contributed by atoms with van der Waals surface area (Å²) in [5.41, 5.74) is 4.89. The van der Waals surface area contributed by atoms with Crippen LogP contribution in [-0.2, 0) is 24.4 Å². The molecule has 0 aliphatic carbocycles. The van der Waals surface area contributed by atoms with Crippen molar-refractivity contribution in [3.63, 3.8) is 0 Å². The minimum absolute atomic E-state index is 0.223. The van der Waals surface area contributed by atoms with E-state index >= 15 is 0 Å². The van der Waals surface area contributed by atoms with Crippen molar-refractivity contribution in [3.05, 3.63) is 89.2 Å². The van der Waals surface area contributed by atoms with Gasteiger partial charge in [-0.1, -0.05) is 48.5 Å². The van der Waals surface area contributed by atoms with E-state index in [4.69, 9.17) is 4.74 Å². The minimum atomic E-state index is -0.540. The Morgan fingerprint density at radius 2 is 1.81 bits per heavy atom. The maximum absolute atomic E-state index is 12.7. The molecule has 1 aliphatic heterocycles. The number of carbonyl (C=O) groups is 2. The van der Waals surface area contributed by atoms with Gasteiger partial charge in [0.1, 0.15) is 11.3 Å². The van der Waals surface area contributed by atoms with E-state index in [1.807, 2.05) is 75.4 Å². The Kier molecular flexibility index (Phi) is 5.95. The number of ether oxygens (including phenoxy) is 1. The summed E-state index contributed by atoms with van der Waals surface area (Å²) >= 11 is 0. The van der Waals surface area contributed by atoms with Crippen molar-refractivity contribution in [3.8, 4) is 11.1 Å². The number of carbonyl (C=O) groups excluding carboxylic acids is 2. The summed E-state index contributed by atoms with van der Waals surface area (Å²) in [5, 5.41) is 2.92. The van der Waals surface area contributed by atoms with Gasteiger partial charge >= 0.3 is 6.09 Å². The monoisotopic (exact) mass is 429 g/mol. The molecule has 1 N–H and O–H groups in total. The van der Waals surface area contributed by atoms with Crippen LogP contribution in [0.5, 0.6) is 0 Å². The van der Waals surface area contributed by atoms with E-state index in [0.717, 1.165) is 27.8 Å². The summed E-state index contributed by atoms with van der Waals surface area (Å²) in [6, 6.07) is 19.5. The summed E-state index contributed by atoms with van der Waals surface area (Å²) in [5.74, 6) is -0.223. The zero-order valence-corrected chi connectivity index (χ0v) is 18.6. The van der Waals surface area contributed by atoms with E-state index in [1.165, 1.54) is 0 Å². The lowest BCUT2D eigenvalue weighted by Crippen LogP contribution is -2.33. The van der Waals surface area contributed by atoms with Crippen molar-refractivity contribution < 1.29 is 14.3 Å². The minimum Gasteiger partial charge on any atom is -0.444 e. The summed E-state index contributed by atoms with van der Waals surface area (Å²) in [6.07, 6.45) is 1.32. The average Bonchev–Trinajstić information content (AvgIpc) is 3.22. The number of aromatic nitrogens is 1. The van der Waals surface area contributed by atoms with Gasteiger partial charge in [0.25, 0.3) is 5.91 Å². The first-order valence-corrected chi connectivity index (χ1v) is 10.7. The first-order valence-electron chi connectivity index (χ1n) is 10.7. The molecule has 0 saturated heterocycles. The summed E-state index contributed by atoms with van der Waals surface area (Å²) in [7, 11) is 0. The molecule has 164 valence electrons. The molecule has 0 radical (unpaired) electrons. The molecule has 0 fully saturated rings. The molecule has 32 heavy (non-hydrogen) atoms. The van der Waals surface area contributed by atoms with Gasteiger partial charge in [0.15, 0.2) is 0 Å². The number of rotatable bonds is 4. The highest BCUT2D eigenvalue weighted by atomic mass is 16.6. The van der Waals surface area contributed by atoms with Crippen molar-refractivity contribution >= 4 is 12.0 Å². The van der Waals surface area contributed by atoms with Crippen LogP contribution in [0, 0.1) is 0 Å². The highest BCUT2D eigenvalue weighted by Gasteiger charge is 2.29. The molecule has 1 aromatic heterocycles. The van der Waals surface area contributed by atoms with E-state index in [0.29, 0.717) is 25.3 Å². The van der Waals surface area contributed by atoms with Gasteiger partial charge in [0, 0.05) is 19.3 Å². The first-order chi connectivity index (χ1) is 15.3. The number of amides is 2. The fraction of sp³-hybridized carbons (Fsp3) is 0.269. The maximum Gasteiger partial charge on any atom is 0.410 e. The zero-order chi connectivity index (χ0) is 22.7. The molecule has 2 amide bonds. The van der Waals surface area contributed by atoms with Crippen LogP contribution in [0.3, 0.4) is 0 Å². The van der Waals surface area contributed by atoms with E-state index in [1.54, 1.807) is 17.2 Å². The van der Waals surface area contributed by atoms with Gasteiger partial charge in [-0.05, 0) is 60.7 Å². The van der Waals surface area contributed by atoms with Crippen LogP contribution in [-0.4, -0.2) is 27.5 Å². The molecular formula is C26H27N3O3. The third-order valence-electron chi connectivity index (χ3n) is 5.23. The van der Waals surface area contributed by atoms with Crippen LogP contribution >= 0.6 is 0 Å². The lowest BCUT2D eigenvalue weighted by atomic mass is 9.97. The Hall–Kier alpha value is -3.67. The van der Waals surface area contributed by atoms with Crippen molar-refractivity contribution in [2.45, 2.75) is 46.0 Å². The Labute approximate surface area is 188 Å². The number of fused-ring (bicyclic) bond motifs is 1. The van der Waals surface area contributed by atoms with Crippen LogP contribution in [0.15, 0.2) is 66.9 Å². The van der Waals surface area contributed by atoms with Crippen LogP contribution in [0.25, 0.3) is 11.1 Å². The van der Waals surface area contributed by atoms with Gasteiger partial charge in [0.2, 0.25) is 0 Å². The molecule has 0 bridgehead atoms. The predicted octanol–water partition coefficient (Wildman–Crippen LogP) is 4.93. The molecular weight excluding hydrogens is 402 g/mol. The summed E-state index contributed by atoms with van der Waals surface area (Å²) in [4.78, 5) is 31.2. The molecule has 4 rings (SSSR count). The van der Waals surface area contributed by atoms with Crippen LogP contribution in [0.4, 0.5) is 4.79 Å². The van der Waals surface area contributed by atoms with Gasteiger partial charge in [-0.2, -0.15) is 0 Å². The molecule has 6 heteroatoms. The van der Waals surface area contributed by atoms with Crippen LogP contribution in [0.1, 0.15) is 48.0 Å². The second kappa shape index (κ2) is 8.83. The second-order valence-electron chi connectivity index (χ2n) is 8.88. The van der Waals surface area contributed by atoms with Crippen LogP contribution in [0.2, 0.25) is 0 Å². The fourth-order valence-electron chi connectivity index (χ4n) is 3.74. The number of nitrogens with one attached hydrogen (secondary N) is 1. The van der Waals surface area contributed by atoms with Gasteiger partial charge in [-0.25, -0.2) is 4.79 Å². The normalized spacial score (nSPS) is 12.9. The van der Waals surface area contributed by atoms with Gasteiger partial charge in [-0.15, -0.1) is 0 Å². The quantitative estimate of drug-likeness (QED) is 0.638. The van der Waals surface area contributed by atoms with Crippen molar-refractivity contribution in [1.82, 2.24) is 15.2 Å². The highest BCUT2D eigenvalue weighted by molar-refractivity contribution is 5.93. The lowest BCUT2D eigenvalue weighted by molar-refractivity contribution is 0.0242. The lowest BCUT2D eigenvalue weighted by Gasteiger charge is -2.24. The average molecular weight is 430 g/mol. The molecule has 2 heterocycles. The SMILES string of the molecule is CC(C)(C)OC(=O)N1Cc2cccc(-c3ccnc(C(=O)NCc4ccccc4)c3)c2C1. The zero-order valence-electron chi connectivity index (χ0n) is 18.6. The van der Waals surface area contributed by atoms with E-state index < -0.39 is 5.60 Å². The highest BCUT2D eigenvalue weighted by Crippen LogP contribution is 2.33. The van der Waals surface area contributed by atoms with Crippen LogP contribution < -0.4 is 5.32 Å². The predicted molar refractivity (Wildman–Crippen MR) is 123 cm³/mol. The number of hydrogen-bond acceptors (Lipinski definition) is 4. The largest absolute Gasteiger partial charge is 0.444 e. The topological polar surface area (TPSA) is 71.5 Å². The first kappa shape index (κ1) is 21.6. The van der Waals surface area contributed by atoms with E-state index in [9.17, 15) is 9.59 Å². The van der Waals surface area contributed by atoms with E-state index in [2.05, 4.69) is 10.3 Å². The molecule has 1 aliphatic rings. The fourth-order valence-corrected chi connectivity index (χ4v) is 3.74. The Morgan fingerprint density at radius 1 is 1.03 bits per heavy atom. The molecule has 2 aromatic carbocycles. The number of nitrogens with zero attached hydrogens (tertiary/aromatic N) is 2. The molecule has 0 unspecified atom stereocenters. The number of benzene rings is 2. The van der Waals surface area contributed by atoms with E-state index in [-0.39, 0.29) is 12.0 Å². The van der Waals surface area contributed by atoms with Gasteiger partial charge < -0.3 is 10.1 Å². The molecule has 3 aromatic rings. The second-order valence-corrected chi connectivity index (χ2v) is 8.88. The summed E-state index contributed by atoms with van der Waals surface area (Å²) in [6.45, 7) is 7.01. The number of pyridine rings is 1. The molecule has 6 nitrogen and oxygen atoms in total. The Balaban J connectivity index is 1.52. The molecule has 0 atom stereocenters. The standard InChI is InChI=1S/C26H27N3O3/c1-26(2,3)32-25(31)29-16-20-10-7-11-21(22(20)17-29)19-12-13-27-23(14-19)24(30)28-15-18-8-5-4-6-9-18/h4-14H,15-17H2,1-3H3,(H,28,30).